The van der Waals surface area contributed by atoms with Crippen LogP contribution < -0.4 is 14.8 Å². The van der Waals surface area contributed by atoms with Crippen molar-refractivity contribution in [1.29, 1.82) is 0 Å². The molecule has 2 aromatic carbocycles. The Bertz CT molecular complexity index is 826. The predicted molar refractivity (Wildman–Crippen MR) is 94.4 cm³/mol. The number of halogens is 2. The van der Waals surface area contributed by atoms with E-state index in [4.69, 9.17) is 9.47 Å². The zero-order valence-corrected chi connectivity index (χ0v) is 14.8. The van der Waals surface area contributed by atoms with Crippen molar-refractivity contribution in [3.63, 3.8) is 0 Å². The highest BCUT2D eigenvalue weighted by atomic mass is 19.1. The highest BCUT2D eigenvalue weighted by Gasteiger charge is 2.21. The quantitative estimate of drug-likeness (QED) is 0.909. The van der Waals surface area contributed by atoms with Crippen LogP contribution >= 0.6 is 0 Å². The average Bonchev–Trinajstić information content (AvgIpc) is 2.65. The summed E-state index contributed by atoms with van der Waals surface area (Å²) in [4.78, 5) is 2.08. The van der Waals surface area contributed by atoms with Crippen molar-refractivity contribution >= 4 is 0 Å². The van der Waals surface area contributed by atoms with Crippen molar-refractivity contribution in [3.8, 4) is 11.5 Å². The molecule has 26 heavy (non-hydrogen) atoms. The van der Waals surface area contributed by atoms with Crippen molar-refractivity contribution in [1.82, 2.24) is 10.2 Å². The Morgan fingerprint density at radius 3 is 2.81 bits per heavy atom. The Hall–Kier alpha value is -2.18. The molecule has 0 spiro atoms. The van der Waals surface area contributed by atoms with Crippen molar-refractivity contribution < 1.29 is 18.3 Å². The smallest absolute Gasteiger partial charge is 0.142 e. The lowest BCUT2D eigenvalue weighted by Gasteiger charge is -2.29. The van der Waals surface area contributed by atoms with Gasteiger partial charge in [0, 0.05) is 37.3 Å². The number of fused-ring (bicyclic) bond motifs is 2. The summed E-state index contributed by atoms with van der Waals surface area (Å²) >= 11 is 0. The fourth-order valence-corrected chi connectivity index (χ4v) is 3.76. The maximum atomic E-state index is 14.2. The van der Waals surface area contributed by atoms with Crippen molar-refractivity contribution in [3.05, 3.63) is 58.2 Å². The molecule has 4 nitrogen and oxygen atoms in total. The van der Waals surface area contributed by atoms with Crippen molar-refractivity contribution in [2.24, 2.45) is 0 Å². The third kappa shape index (κ3) is 3.39. The van der Waals surface area contributed by atoms with Gasteiger partial charge in [-0.1, -0.05) is 0 Å². The Morgan fingerprint density at radius 1 is 1.08 bits per heavy atom. The zero-order chi connectivity index (χ0) is 18.1. The van der Waals surface area contributed by atoms with Crippen LogP contribution in [0.2, 0.25) is 0 Å². The van der Waals surface area contributed by atoms with E-state index in [0.29, 0.717) is 37.7 Å². The van der Waals surface area contributed by atoms with E-state index in [1.165, 1.54) is 12.1 Å². The zero-order valence-electron chi connectivity index (χ0n) is 14.8. The molecule has 1 N–H and O–H groups in total. The molecule has 138 valence electrons. The van der Waals surface area contributed by atoms with Gasteiger partial charge in [-0.3, -0.25) is 4.90 Å². The third-order valence-corrected chi connectivity index (χ3v) is 5.10. The highest BCUT2D eigenvalue weighted by Crippen LogP contribution is 2.30. The molecule has 0 unspecified atom stereocenters. The first-order valence-electron chi connectivity index (χ1n) is 8.86. The molecule has 0 bridgehead atoms. The molecule has 2 heterocycles. The first-order chi connectivity index (χ1) is 12.6. The Balaban J connectivity index is 1.45. The molecule has 0 amide bonds. The van der Waals surface area contributed by atoms with Gasteiger partial charge in [-0.05, 0) is 48.2 Å². The van der Waals surface area contributed by atoms with E-state index in [1.807, 2.05) is 6.07 Å². The van der Waals surface area contributed by atoms with Gasteiger partial charge in [0.15, 0.2) is 0 Å². The number of nitrogens with zero attached hydrogens (tertiary/aromatic N) is 1. The van der Waals surface area contributed by atoms with E-state index < -0.39 is 0 Å². The lowest BCUT2D eigenvalue weighted by molar-refractivity contribution is 0.113. The van der Waals surface area contributed by atoms with Crippen LogP contribution in [0, 0.1) is 11.6 Å². The first kappa shape index (κ1) is 17.2. The Labute approximate surface area is 151 Å². The van der Waals surface area contributed by atoms with E-state index in [0.717, 1.165) is 41.8 Å². The van der Waals surface area contributed by atoms with Gasteiger partial charge in [-0.15, -0.1) is 0 Å². The summed E-state index contributed by atoms with van der Waals surface area (Å²) in [6.45, 7) is 3.17. The molecular weight excluding hydrogens is 338 g/mol. The topological polar surface area (TPSA) is 33.7 Å². The third-order valence-electron chi connectivity index (χ3n) is 5.10. The number of methoxy groups -OCH3 is 1. The number of benzene rings is 2. The van der Waals surface area contributed by atoms with E-state index in [2.05, 4.69) is 10.2 Å². The van der Waals surface area contributed by atoms with Crippen molar-refractivity contribution in [2.45, 2.75) is 25.9 Å². The van der Waals surface area contributed by atoms with Gasteiger partial charge in [0.1, 0.15) is 29.9 Å². The van der Waals surface area contributed by atoms with E-state index >= 15 is 0 Å². The number of hydrogen-bond donors (Lipinski definition) is 1. The summed E-state index contributed by atoms with van der Waals surface area (Å²) in [6.07, 6.45) is 1.47. The number of ether oxygens (including phenoxy) is 2. The van der Waals surface area contributed by atoms with Gasteiger partial charge < -0.3 is 14.8 Å². The number of hydrogen-bond acceptors (Lipinski definition) is 4. The molecule has 2 aliphatic rings. The summed E-state index contributed by atoms with van der Waals surface area (Å²) in [5.41, 5.74) is 3.71. The van der Waals surface area contributed by atoms with Crippen molar-refractivity contribution in [2.75, 3.05) is 26.9 Å². The van der Waals surface area contributed by atoms with Gasteiger partial charge >= 0.3 is 0 Å². The number of rotatable bonds is 4. The molecule has 2 aromatic rings. The second kappa shape index (κ2) is 7.21. The van der Waals surface area contributed by atoms with Crippen LogP contribution in [-0.4, -0.2) is 31.8 Å². The predicted octanol–water partition coefficient (Wildman–Crippen LogP) is 3.01. The largest absolute Gasteiger partial charge is 0.496 e. The number of nitrogens with one attached hydrogen (secondary N) is 1. The maximum Gasteiger partial charge on any atom is 0.142 e. The Morgan fingerprint density at radius 2 is 1.96 bits per heavy atom. The highest BCUT2D eigenvalue weighted by molar-refractivity contribution is 5.42. The molecule has 0 saturated carbocycles. The normalized spacial score (nSPS) is 16.7. The summed E-state index contributed by atoms with van der Waals surface area (Å²) in [5, 5.41) is 3.25. The lowest BCUT2D eigenvalue weighted by Crippen LogP contribution is -2.34. The van der Waals surface area contributed by atoms with Crippen LogP contribution in [0.5, 0.6) is 11.5 Å². The molecule has 0 aromatic heterocycles. The fraction of sp³-hybridized carbons (Fsp3) is 0.400. The SMILES string of the molecule is COc1cc(F)cc2c1CCN(COc1cc(F)c3c(c1)CNCC3)C2. The minimum absolute atomic E-state index is 0.199. The molecule has 0 atom stereocenters. The second-order valence-electron chi connectivity index (χ2n) is 6.79. The van der Waals surface area contributed by atoms with Gasteiger partial charge in [-0.2, -0.15) is 0 Å². The summed E-state index contributed by atoms with van der Waals surface area (Å²) in [5.74, 6) is 0.639. The molecule has 0 fully saturated rings. The minimum atomic E-state index is -0.298. The molecule has 0 saturated heterocycles. The molecule has 6 heteroatoms. The minimum Gasteiger partial charge on any atom is -0.496 e. The summed E-state index contributed by atoms with van der Waals surface area (Å²) < 4.78 is 39.1. The molecule has 0 radical (unpaired) electrons. The van der Waals surface area contributed by atoms with Crippen LogP contribution in [0.15, 0.2) is 24.3 Å². The van der Waals surface area contributed by atoms with Crippen LogP contribution in [0.1, 0.15) is 22.3 Å². The monoisotopic (exact) mass is 360 g/mol. The lowest BCUT2D eigenvalue weighted by atomic mass is 9.99. The van der Waals surface area contributed by atoms with Crippen LogP contribution in [0.3, 0.4) is 0 Å². The van der Waals surface area contributed by atoms with Crippen LogP contribution in [-0.2, 0) is 25.9 Å². The van der Waals surface area contributed by atoms with Crippen LogP contribution in [0.25, 0.3) is 0 Å². The van der Waals surface area contributed by atoms with E-state index in [1.54, 1.807) is 13.2 Å². The molecule has 0 aliphatic carbocycles. The second-order valence-corrected chi connectivity index (χ2v) is 6.79. The van der Waals surface area contributed by atoms with E-state index in [-0.39, 0.29) is 11.6 Å². The van der Waals surface area contributed by atoms with Crippen LogP contribution in [0.4, 0.5) is 8.78 Å². The average molecular weight is 360 g/mol. The maximum absolute atomic E-state index is 14.2. The summed E-state index contributed by atoms with van der Waals surface area (Å²) in [6, 6.07) is 6.35. The standard InChI is InChI=1S/C20H22F2N2O2/c1-25-20-8-15(21)6-14-11-24(5-3-18(14)20)12-26-16-7-13-10-23-4-2-17(13)19(22)9-16/h6-9,23H,2-5,10-12H2,1H3. The van der Waals surface area contributed by atoms with Gasteiger partial charge in [0.25, 0.3) is 0 Å². The van der Waals surface area contributed by atoms with Gasteiger partial charge in [-0.25, -0.2) is 8.78 Å². The molecule has 4 rings (SSSR count). The van der Waals surface area contributed by atoms with E-state index in [9.17, 15) is 8.78 Å². The molecular formula is C20H22F2N2O2. The summed E-state index contributed by atoms with van der Waals surface area (Å²) in [7, 11) is 1.56. The van der Waals surface area contributed by atoms with Gasteiger partial charge in [0.05, 0.1) is 7.11 Å². The van der Waals surface area contributed by atoms with Gasteiger partial charge in [0.2, 0.25) is 0 Å². The fourth-order valence-electron chi connectivity index (χ4n) is 3.76. The Kier molecular flexibility index (Phi) is 4.78. The first-order valence-corrected chi connectivity index (χ1v) is 8.86. The molecule has 2 aliphatic heterocycles.